The number of halogens is 1. The number of pyridine rings is 1. The first kappa shape index (κ1) is 18.4. The Kier molecular flexibility index (Phi) is 4.73. The molecule has 146 valence electrons. The van der Waals surface area contributed by atoms with Crippen molar-refractivity contribution in [2.45, 2.75) is 13.5 Å². The van der Waals surface area contributed by atoms with Crippen LogP contribution in [0.25, 0.3) is 5.65 Å². The van der Waals surface area contributed by atoms with Gasteiger partial charge in [0.2, 0.25) is 5.69 Å². The summed E-state index contributed by atoms with van der Waals surface area (Å²) in [4.78, 5) is 31.6. The fraction of sp³-hybridized carbons (Fsp3) is 0.353. The molecular formula is C17H18ClN7O3. The Balaban J connectivity index is 1.40. The number of rotatable bonds is 4. The molecule has 1 aliphatic heterocycles. The van der Waals surface area contributed by atoms with Crippen molar-refractivity contribution in [2.24, 2.45) is 0 Å². The highest BCUT2D eigenvalue weighted by atomic mass is 35.5. The van der Waals surface area contributed by atoms with Crippen molar-refractivity contribution in [1.82, 2.24) is 29.4 Å². The van der Waals surface area contributed by atoms with Crippen LogP contribution >= 0.6 is 11.6 Å². The number of nitro groups is 1. The monoisotopic (exact) mass is 403 g/mol. The van der Waals surface area contributed by atoms with Crippen LogP contribution in [0.5, 0.6) is 0 Å². The number of imidazole rings is 1. The number of aromatic amines is 1. The molecule has 10 nitrogen and oxygen atoms in total. The van der Waals surface area contributed by atoms with Gasteiger partial charge in [-0.15, -0.1) is 0 Å². The van der Waals surface area contributed by atoms with Crippen LogP contribution in [0.1, 0.15) is 21.9 Å². The third-order valence-electron chi connectivity index (χ3n) is 4.81. The fourth-order valence-electron chi connectivity index (χ4n) is 3.38. The minimum atomic E-state index is -0.571. The minimum absolute atomic E-state index is 0.131. The van der Waals surface area contributed by atoms with E-state index in [1.165, 1.54) is 6.92 Å². The lowest BCUT2D eigenvalue weighted by molar-refractivity contribution is -0.385. The predicted molar refractivity (Wildman–Crippen MR) is 101 cm³/mol. The van der Waals surface area contributed by atoms with Crippen molar-refractivity contribution in [3.63, 3.8) is 0 Å². The number of aryl methyl sites for hydroxylation is 1. The van der Waals surface area contributed by atoms with Crippen molar-refractivity contribution in [3.05, 3.63) is 56.7 Å². The van der Waals surface area contributed by atoms with E-state index >= 15 is 0 Å². The second-order valence-electron chi connectivity index (χ2n) is 6.72. The Hall–Kier alpha value is -2.98. The highest BCUT2D eigenvalue weighted by Gasteiger charge is 2.32. The van der Waals surface area contributed by atoms with Gasteiger partial charge in [0.1, 0.15) is 11.3 Å². The Bertz CT molecular complexity index is 1050. The molecule has 28 heavy (non-hydrogen) atoms. The normalized spacial score (nSPS) is 15.3. The van der Waals surface area contributed by atoms with E-state index in [-0.39, 0.29) is 17.1 Å². The number of piperazine rings is 1. The second-order valence-corrected chi connectivity index (χ2v) is 7.15. The van der Waals surface area contributed by atoms with E-state index in [1.807, 2.05) is 22.9 Å². The summed E-state index contributed by atoms with van der Waals surface area (Å²) in [5, 5.41) is 18.2. The van der Waals surface area contributed by atoms with Gasteiger partial charge in [-0.25, -0.2) is 4.98 Å². The molecule has 0 unspecified atom stereocenters. The maximum Gasteiger partial charge on any atom is 0.322 e. The van der Waals surface area contributed by atoms with E-state index in [2.05, 4.69) is 20.1 Å². The molecule has 11 heteroatoms. The molecule has 0 bridgehead atoms. The van der Waals surface area contributed by atoms with Gasteiger partial charge in [-0.3, -0.25) is 24.9 Å². The number of carbonyl (C=O) groups excluding carboxylic acids is 1. The molecule has 1 N–H and O–H groups in total. The second kappa shape index (κ2) is 7.21. The van der Waals surface area contributed by atoms with Crippen LogP contribution in [0.15, 0.2) is 24.5 Å². The first-order valence-electron chi connectivity index (χ1n) is 8.76. The van der Waals surface area contributed by atoms with Crippen molar-refractivity contribution in [3.8, 4) is 0 Å². The van der Waals surface area contributed by atoms with E-state index in [9.17, 15) is 14.9 Å². The van der Waals surface area contributed by atoms with Crippen LogP contribution < -0.4 is 0 Å². The Labute approximate surface area is 164 Å². The van der Waals surface area contributed by atoms with Crippen LogP contribution in [0.2, 0.25) is 5.02 Å². The molecule has 4 rings (SSSR count). The molecule has 1 saturated heterocycles. The van der Waals surface area contributed by atoms with E-state index in [1.54, 1.807) is 11.0 Å². The lowest BCUT2D eigenvalue weighted by atomic mass is 10.2. The summed E-state index contributed by atoms with van der Waals surface area (Å²) in [6.07, 6.45) is 3.75. The summed E-state index contributed by atoms with van der Waals surface area (Å²) in [5.41, 5.74) is 1.64. The maximum atomic E-state index is 12.6. The number of hydrogen-bond donors (Lipinski definition) is 1. The van der Waals surface area contributed by atoms with Crippen LogP contribution in [0, 0.1) is 17.0 Å². The Morgan fingerprint density at radius 2 is 2.04 bits per heavy atom. The molecule has 0 aliphatic carbocycles. The molecule has 0 spiro atoms. The predicted octanol–water partition coefficient (Wildman–Crippen LogP) is 1.89. The van der Waals surface area contributed by atoms with Crippen LogP contribution in [0.3, 0.4) is 0 Å². The summed E-state index contributed by atoms with van der Waals surface area (Å²) >= 11 is 6.00. The zero-order valence-electron chi connectivity index (χ0n) is 15.1. The van der Waals surface area contributed by atoms with Gasteiger partial charge in [0.05, 0.1) is 15.6 Å². The van der Waals surface area contributed by atoms with Crippen LogP contribution in [0.4, 0.5) is 5.69 Å². The first-order chi connectivity index (χ1) is 13.4. The topological polar surface area (TPSA) is 113 Å². The van der Waals surface area contributed by atoms with Crippen LogP contribution in [-0.2, 0) is 6.54 Å². The average molecular weight is 404 g/mol. The number of H-pyrrole nitrogens is 1. The van der Waals surface area contributed by atoms with Crippen molar-refractivity contribution in [1.29, 1.82) is 0 Å². The summed E-state index contributed by atoms with van der Waals surface area (Å²) in [6, 6.07) is 3.66. The summed E-state index contributed by atoms with van der Waals surface area (Å²) in [6.45, 7) is 4.43. The molecule has 0 aromatic carbocycles. The van der Waals surface area contributed by atoms with Crippen molar-refractivity contribution in [2.75, 3.05) is 26.2 Å². The number of fused-ring (bicyclic) bond motifs is 1. The molecule has 0 atom stereocenters. The molecule has 4 heterocycles. The SMILES string of the molecule is Cc1[nH]nc(C(=O)N2CCN(Cc3cn4cc(Cl)ccc4n3)CC2)c1[N+](=O)[O-]. The quantitative estimate of drug-likeness (QED) is 0.525. The van der Waals surface area contributed by atoms with Gasteiger partial charge in [-0.1, -0.05) is 11.6 Å². The minimum Gasteiger partial charge on any atom is -0.334 e. The van der Waals surface area contributed by atoms with Gasteiger partial charge in [0.25, 0.3) is 5.91 Å². The van der Waals surface area contributed by atoms with E-state index in [0.717, 1.165) is 11.3 Å². The molecule has 3 aromatic rings. The number of hydrogen-bond acceptors (Lipinski definition) is 6. The molecule has 0 saturated carbocycles. The fourth-order valence-corrected chi connectivity index (χ4v) is 3.55. The third-order valence-corrected chi connectivity index (χ3v) is 5.03. The Morgan fingerprint density at radius 3 is 2.75 bits per heavy atom. The van der Waals surface area contributed by atoms with Gasteiger partial charge in [-0.05, 0) is 19.1 Å². The van der Waals surface area contributed by atoms with Crippen LogP contribution in [-0.4, -0.2) is 66.4 Å². The lowest BCUT2D eigenvalue weighted by Crippen LogP contribution is -2.48. The van der Waals surface area contributed by atoms with E-state index in [4.69, 9.17) is 11.6 Å². The number of carbonyl (C=O) groups is 1. The lowest BCUT2D eigenvalue weighted by Gasteiger charge is -2.33. The molecule has 3 aromatic heterocycles. The number of nitrogens with zero attached hydrogens (tertiary/aromatic N) is 6. The zero-order chi connectivity index (χ0) is 19.8. The Morgan fingerprint density at radius 1 is 1.29 bits per heavy atom. The summed E-state index contributed by atoms with van der Waals surface area (Å²) in [5.74, 6) is -0.418. The van der Waals surface area contributed by atoms with Gasteiger partial charge in [0.15, 0.2) is 0 Å². The standard InChI is InChI=1S/C17H18ClN7O3/c1-11-16(25(27)28)15(21-20-11)17(26)23-6-4-22(5-7-23)9-13-10-24-8-12(18)2-3-14(24)19-13/h2-3,8,10H,4-7,9H2,1H3,(H,20,21). The molecule has 1 amide bonds. The number of aromatic nitrogens is 4. The molecule has 1 fully saturated rings. The molecular weight excluding hydrogens is 386 g/mol. The summed E-state index contributed by atoms with van der Waals surface area (Å²) in [7, 11) is 0. The third kappa shape index (κ3) is 3.43. The zero-order valence-corrected chi connectivity index (χ0v) is 15.9. The van der Waals surface area contributed by atoms with Gasteiger partial charge < -0.3 is 9.30 Å². The smallest absolute Gasteiger partial charge is 0.322 e. The average Bonchev–Trinajstić information content (AvgIpc) is 3.24. The molecule has 1 aliphatic rings. The van der Waals surface area contributed by atoms with Gasteiger partial charge >= 0.3 is 5.69 Å². The number of amides is 1. The largest absolute Gasteiger partial charge is 0.334 e. The van der Waals surface area contributed by atoms with Crippen molar-refractivity contribution < 1.29 is 9.72 Å². The highest BCUT2D eigenvalue weighted by Crippen LogP contribution is 2.22. The first-order valence-corrected chi connectivity index (χ1v) is 9.14. The van der Waals surface area contributed by atoms with Crippen molar-refractivity contribution >= 4 is 28.8 Å². The van der Waals surface area contributed by atoms with E-state index < -0.39 is 10.8 Å². The van der Waals surface area contributed by atoms with E-state index in [0.29, 0.717) is 37.7 Å². The highest BCUT2D eigenvalue weighted by molar-refractivity contribution is 6.30. The maximum absolute atomic E-state index is 12.6. The molecule has 0 radical (unpaired) electrons. The summed E-state index contributed by atoms with van der Waals surface area (Å²) < 4.78 is 1.89. The van der Waals surface area contributed by atoms with Gasteiger partial charge in [-0.2, -0.15) is 5.10 Å². The number of nitrogens with one attached hydrogen (secondary N) is 1. The van der Waals surface area contributed by atoms with Gasteiger partial charge in [0, 0.05) is 45.1 Å².